The molecule has 0 spiro atoms. The van der Waals surface area contributed by atoms with Crippen LogP contribution in [0.15, 0.2) is 12.7 Å². The van der Waals surface area contributed by atoms with Crippen molar-refractivity contribution in [2.45, 2.75) is 41.5 Å². The predicted molar refractivity (Wildman–Crippen MR) is 130 cm³/mol. The third-order valence-corrected chi connectivity index (χ3v) is 10.4. The molecule has 33 heavy (non-hydrogen) atoms. The van der Waals surface area contributed by atoms with Crippen molar-refractivity contribution in [2.75, 3.05) is 18.3 Å². The van der Waals surface area contributed by atoms with Gasteiger partial charge in [0, 0.05) is 6.42 Å². The lowest BCUT2D eigenvalue weighted by molar-refractivity contribution is -0.0522. The molecule has 3 heterocycles. The molecule has 0 aliphatic carbocycles. The highest BCUT2D eigenvalue weighted by Crippen LogP contribution is 2.57. The predicted octanol–water partition coefficient (Wildman–Crippen LogP) is 2.82. The van der Waals surface area contributed by atoms with Crippen LogP contribution < -0.4 is 5.73 Å². The van der Waals surface area contributed by atoms with E-state index in [0.717, 1.165) is 0 Å². The minimum absolute atomic E-state index is 0.0121. The SMILES string of the molecule is CC(C)(I)SSCOC1C[C@H](n2cnc3c(N)ncnc32)O[C@@H]1COP(=O)(O)OP(=O)(O)O. The average molecular weight is 657 g/mol. The fourth-order valence-corrected chi connectivity index (χ4v) is 7.34. The molecule has 0 aromatic carbocycles. The smallest absolute Gasteiger partial charge is 0.382 e. The van der Waals surface area contributed by atoms with Crippen LogP contribution in [0, 0.1) is 0 Å². The van der Waals surface area contributed by atoms with Crippen LogP contribution in [0.5, 0.6) is 0 Å². The number of rotatable bonds is 11. The summed E-state index contributed by atoms with van der Waals surface area (Å²) in [5, 5.41) is 0. The maximum absolute atomic E-state index is 11.9. The molecule has 5 N–H and O–H groups in total. The van der Waals surface area contributed by atoms with Gasteiger partial charge in [0.2, 0.25) is 0 Å². The van der Waals surface area contributed by atoms with E-state index in [1.807, 2.05) is 13.8 Å². The number of phosphoric ester groups is 1. The molecule has 2 unspecified atom stereocenters. The highest BCUT2D eigenvalue weighted by Gasteiger charge is 2.41. The molecule has 2 aromatic rings. The van der Waals surface area contributed by atoms with Gasteiger partial charge in [0.1, 0.15) is 30.1 Å². The fourth-order valence-electron chi connectivity index (χ4n) is 2.88. The topological polar surface area (TPSA) is 201 Å². The van der Waals surface area contributed by atoms with E-state index in [2.05, 4.69) is 41.9 Å². The summed E-state index contributed by atoms with van der Waals surface area (Å²) in [6, 6.07) is 0. The van der Waals surface area contributed by atoms with Gasteiger partial charge in [-0.05, 0) is 13.8 Å². The Labute approximate surface area is 210 Å². The molecule has 0 bridgehead atoms. The van der Waals surface area contributed by atoms with E-state index in [4.69, 9.17) is 29.5 Å². The molecule has 1 fully saturated rings. The van der Waals surface area contributed by atoms with Crippen molar-refractivity contribution >= 4 is 76.8 Å². The van der Waals surface area contributed by atoms with Crippen LogP contribution in [-0.4, -0.2) is 61.7 Å². The number of imidazole rings is 1. The van der Waals surface area contributed by atoms with Crippen molar-refractivity contribution in [2.24, 2.45) is 0 Å². The Hall–Kier alpha value is -0.0400. The van der Waals surface area contributed by atoms with Gasteiger partial charge in [0.15, 0.2) is 11.5 Å². The summed E-state index contributed by atoms with van der Waals surface area (Å²) in [6.45, 7) is 3.58. The number of nitrogens with two attached hydrogens (primary N) is 1. The molecule has 0 saturated carbocycles. The molecule has 2 aromatic heterocycles. The molecule has 0 amide bonds. The first kappa shape index (κ1) is 27.5. The summed E-state index contributed by atoms with van der Waals surface area (Å²) in [4.78, 5) is 39.4. The summed E-state index contributed by atoms with van der Waals surface area (Å²) in [7, 11) is -7.18. The van der Waals surface area contributed by atoms with Gasteiger partial charge in [0.05, 0.1) is 21.8 Å². The maximum atomic E-state index is 11.9. The Bertz CT molecular complexity index is 1070. The summed E-state index contributed by atoms with van der Waals surface area (Å²) in [5.41, 5.74) is 6.66. The molecule has 0 radical (unpaired) electrons. The van der Waals surface area contributed by atoms with Crippen LogP contribution in [0.2, 0.25) is 0 Å². The summed E-state index contributed by atoms with van der Waals surface area (Å²) >= 11 is 2.29. The Morgan fingerprint density at radius 1 is 1.33 bits per heavy atom. The number of hydrogen-bond donors (Lipinski definition) is 4. The van der Waals surface area contributed by atoms with Crippen molar-refractivity contribution in [3.8, 4) is 0 Å². The number of phosphoric acid groups is 2. The molecule has 19 heteroatoms. The van der Waals surface area contributed by atoms with Gasteiger partial charge in [-0.25, -0.2) is 24.1 Å². The van der Waals surface area contributed by atoms with Crippen LogP contribution in [0.25, 0.3) is 11.2 Å². The number of nitrogen functional groups attached to an aromatic ring is 1. The normalized spacial score (nSPS) is 23.8. The number of anilines is 1. The van der Waals surface area contributed by atoms with Crippen molar-refractivity contribution in [3.05, 3.63) is 12.7 Å². The molecule has 14 nitrogen and oxygen atoms in total. The van der Waals surface area contributed by atoms with E-state index in [1.165, 1.54) is 23.4 Å². The average Bonchev–Trinajstić information content (AvgIpc) is 3.25. The lowest BCUT2D eigenvalue weighted by atomic mass is 10.2. The van der Waals surface area contributed by atoms with Gasteiger partial charge >= 0.3 is 15.6 Å². The number of halogens is 1. The first-order valence-corrected chi connectivity index (χ1v) is 15.6. The number of hydrogen-bond acceptors (Lipinski definition) is 12. The van der Waals surface area contributed by atoms with Crippen molar-refractivity contribution < 1.29 is 42.1 Å². The van der Waals surface area contributed by atoms with E-state index in [9.17, 15) is 14.0 Å². The van der Waals surface area contributed by atoms with Crippen LogP contribution in [0.3, 0.4) is 0 Å². The van der Waals surface area contributed by atoms with Crippen LogP contribution in [0.4, 0.5) is 5.82 Å². The van der Waals surface area contributed by atoms with Gasteiger partial charge in [-0.3, -0.25) is 9.09 Å². The van der Waals surface area contributed by atoms with E-state index < -0.39 is 40.7 Å². The maximum Gasteiger partial charge on any atom is 0.481 e. The summed E-state index contributed by atoms with van der Waals surface area (Å²) in [5.74, 6) is 0.499. The minimum atomic E-state index is -5.24. The number of ether oxygens (including phenoxy) is 2. The van der Waals surface area contributed by atoms with E-state index in [0.29, 0.717) is 23.5 Å². The van der Waals surface area contributed by atoms with Gasteiger partial charge in [-0.2, -0.15) is 4.31 Å². The number of alkyl halides is 1. The van der Waals surface area contributed by atoms with Crippen molar-refractivity contribution in [1.82, 2.24) is 19.5 Å². The quantitative estimate of drug-likeness (QED) is 0.0686. The lowest BCUT2D eigenvalue weighted by Crippen LogP contribution is -2.29. The van der Waals surface area contributed by atoms with Gasteiger partial charge in [-0.1, -0.05) is 44.2 Å². The standard InChI is InChI=1S/C14H22IN5O9P2S2/c1-14(2,15)33-32-7-26-8-3-10(20-6-19-11-12(16)17-5-18-13(11)20)28-9(8)4-27-31(24,25)29-30(21,22)23/h5-6,8-10H,3-4,7H2,1-2H3,(H,24,25)(H2,16,17,18)(H2,21,22,23)/t8?,9-,10-/m1/s1. The second-order valence-electron chi connectivity index (χ2n) is 7.17. The zero-order valence-electron chi connectivity index (χ0n) is 17.3. The Kier molecular flexibility index (Phi) is 9.12. The minimum Gasteiger partial charge on any atom is -0.382 e. The van der Waals surface area contributed by atoms with Gasteiger partial charge in [-0.15, -0.1) is 0 Å². The molecule has 186 valence electrons. The Morgan fingerprint density at radius 2 is 2.06 bits per heavy atom. The molecule has 1 aliphatic rings. The third kappa shape index (κ3) is 8.25. The largest absolute Gasteiger partial charge is 0.481 e. The van der Waals surface area contributed by atoms with Gasteiger partial charge in [0.25, 0.3) is 0 Å². The van der Waals surface area contributed by atoms with E-state index in [1.54, 1.807) is 15.4 Å². The first-order chi connectivity index (χ1) is 15.2. The number of aromatic nitrogens is 4. The third-order valence-electron chi connectivity index (χ3n) is 4.08. The molecular weight excluding hydrogens is 635 g/mol. The number of fused-ring (bicyclic) bond motifs is 1. The van der Waals surface area contributed by atoms with Crippen molar-refractivity contribution in [3.63, 3.8) is 0 Å². The van der Waals surface area contributed by atoms with Crippen LogP contribution in [-0.2, 0) is 27.4 Å². The Morgan fingerprint density at radius 3 is 2.73 bits per heavy atom. The summed E-state index contributed by atoms with van der Waals surface area (Å²) in [6.07, 6.45) is 1.04. The zero-order valence-corrected chi connectivity index (χ0v) is 22.8. The molecule has 1 aliphatic heterocycles. The number of nitrogens with zero attached hydrogens (tertiary/aromatic N) is 4. The second-order valence-corrected chi connectivity index (χ2v) is 16.3. The lowest BCUT2D eigenvalue weighted by Gasteiger charge is -2.21. The zero-order chi connectivity index (χ0) is 24.4. The highest BCUT2D eigenvalue weighted by atomic mass is 127. The second kappa shape index (κ2) is 10.9. The van der Waals surface area contributed by atoms with Crippen LogP contribution >= 0.6 is 59.8 Å². The summed E-state index contributed by atoms with van der Waals surface area (Å²) < 4.78 is 44.8. The van der Waals surface area contributed by atoms with Crippen molar-refractivity contribution in [1.29, 1.82) is 0 Å². The van der Waals surface area contributed by atoms with E-state index in [-0.39, 0.29) is 8.57 Å². The van der Waals surface area contributed by atoms with Gasteiger partial charge < -0.3 is 29.9 Å². The molecular formula is C14H22IN5O9P2S2. The molecule has 4 atom stereocenters. The first-order valence-electron chi connectivity index (χ1n) is 9.18. The van der Waals surface area contributed by atoms with Crippen LogP contribution in [0.1, 0.15) is 26.5 Å². The Balaban J connectivity index is 1.72. The monoisotopic (exact) mass is 657 g/mol. The highest BCUT2D eigenvalue weighted by molar-refractivity contribution is 14.1. The molecule has 1 saturated heterocycles. The fraction of sp³-hybridized carbons (Fsp3) is 0.643. The van der Waals surface area contributed by atoms with E-state index >= 15 is 0 Å². The molecule has 3 rings (SSSR count).